The highest BCUT2D eigenvalue weighted by molar-refractivity contribution is 14.0. The fraction of sp³-hybridized carbons (Fsp3) is 0.381. The summed E-state index contributed by atoms with van der Waals surface area (Å²) in [5, 5.41) is 6.50. The van der Waals surface area contributed by atoms with Gasteiger partial charge in [-0.25, -0.2) is 13.1 Å². The minimum atomic E-state index is -3.36. The molecule has 1 unspecified atom stereocenters. The van der Waals surface area contributed by atoms with E-state index in [1.165, 1.54) is 5.69 Å². The molecule has 1 fully saturated rings. The Morgan fingerprint density at radius 3 is 2.43 bits per heavy atom. The Kier molecular flexibility index (Phi) is 9.86. The van der Waals surface area contributed by atoms with Gasteiger partial charge >= 0.3 is 0 Å². The number of hydrogen-bond acceptors (Lipinski definition) is 4. The van der Waals surface area contributed by atoms with Crippen molar-refractivity contribution in [2.75, 3.05) is 37.3 Å². The maximum absolute atomic E-state index is 12.2. The van der Waals surface area contributed by atoms with Gasteiger partial charge in [-0.15, -0.1) is 24.0 Å². The van der Waals surface area contributed by atoms with Crippen LogP contribution in [0.5, 0.6) is 0 Å². The smallest absolute Gasteiger partial charge is 0.213 e. The molecule has 3 N–H and O–H groups in total. The molecule has 0 aliphatic carbocycles. The molecule has 0 aromatic heterocycles. The second-order valence-corrected chi connectivity index (χ2v) is 8.96. The zero-order valence-electron chi connectivity index (χ0n) is 17.1. The van der Waals surface area contributed by atoms with Crippen molar-refractivity contribution in [1.29, 1.82) is 0 Å². The lowest BCUT2D eigenvalue weighted by Crippen LogP contribution is -2.46. The molecule has 9 heteroatoms. The molecule has 1 aliphatic rings. The number of rotatable bonds is 8. The normalized spacial score (nSPS) is 16.8. The van der Waals surface area contributed by atoms with E-state index >= 15 is 0 Å². The molecule has 1 heterocycles. The summed E-state index contributed by atoms with van der Waals surface area (Å²) in [7, 11) is -1.66. The average molecular weight is 543 g/mol. The highest BCUT2D eigenvalue weighted by Gasteiger charge is 2.23. The van der Waals surface area contributed by atoms with Crippen LogP contribution >= 0.6 is 24.0 Å². The number of hydrogen-bond donors (Lipinski definition) is 3. The van der Waals surface area contributed by atoms with Gasteiger partial charge in [0.1, 0.15) is 0 Å². The monoisotopic (exact) mass is 543 g/mol. The zero-order valence-corrected chi connectivity index (χ0v) is 20.3. The molecule has 2 aromatic carbocycles. The molecule has 3 rings (SSSR count). The van der Waals surface area contributed by atoms with Crippen LogP contribution in [-0.4, -0.2) is 52.9 Å². The lowest BCUT2D eigenvalue weighted by molar-refractivity contribution is 0.579. The molecule has 7 nitrogen and oxygen atoms in total. The number of aliphatic imine (C=N–C) groups is 1. The Hall–Kier alpha value is -1.85. The number of halogens is 1. The molecule has 1 atom stereocenters. The fourth-order valence-electron chi connectivity index (χ4n) is 3.30. The molecule has 1 saturated heterocycles. The van der Waals surface area contributed by atoms with Gasteiger partial charge in [0.15, 0.2) is 5.96 Å². The fourth-order valence-corrected chi connectivity index (χ4v) is 4.21. The van der Waals surface area contributed by atoms with E-state index in [9.17, 15) is 8.42 Å². The van der Waals surface area contributed by atoms with Crippen LogP contribution in [0.15, 0.2) is 65.7 Å². The Bertz CT molecular complexity index is 894. The van der Waals surface area contributed by atoms with Crippen molar-refractivity contribution in [3.8, 4) is 0 Å². The van der Waals surface area contributed by atoms with Crippen molar-refractivity contribution < 1.29 is 8.42 Å². The Morgan fingerprint density at radius 2 is 1.77 bits per heavy atom. The van der Waals surface area contributed by atoms with Crippen LogP contribution in [0.2, 0.25) is 0 Å². The van der Waals surface area contributed by atoms with E-state index in [0.717, 1.165) is 25.1 Å². The van der Waals surface area contributed by atoms with Crippen LogP contribution in [-0.2, 0) is 16.6 Å². The van der Waals surface area contributed by atoms with Crippen LogP contribution < -0.4 is 20.3 Å². The average Bonchev–Trinajstić information content (AvgIpc) is 3.21. The molecule has 0 amide bonds. The van der Waals surface area contributed by atoms with Gasteiger partial charge in [0.25, 0.3) is 0 Å². The third-order valence-electron chi connectivity index (χ3n) is 4.88. The van der Waals surface area contributed by atoms with E-state index in [1.807, 2.05) is 48.5 Å². The maximum atomic E-state index is 12.2. The Morgan fingerprint density at radius 1 is 1.10 bits per heavy atom. The van der Waals surface area contributed by atoms with Gasteiger partial charge in [-0.1, -0.05) is 48.5 Å². The van der Waals surface area contributed by atoms with Gasteiger partial charge in [0, 0.05) is 45.0 Å². The van der Waals surface area contributed by atoms with Crippen molar-refractivity contribution in [3.05, 3.63) is 66.2 Å². The minimum Gasteiger partial charge on any atom is -0.369 e. The van der Waals surface area contributed by atoms with E-state index in [4.69, 9.17) is 0 Å². The third kappa shape index (κ3) is 7.77. The maximum Gasteiger partial charge on any atom is 0.213 e. The van der Waals surface area contributed by atoms with E-state index in [2.05, 4.69) is 37.4 Å². The minimum absolute atomic E-state index is 0. The zero-order chi connectivity index (χ0) is 20.5. The first kappa shape index (κ1) is 24.4. The van der Waals surface area contributed by atoms with Gasteiger partial charge < -0.3 is 15.5 Å². The summed E-state index contributed by atoms with van der Waals surface area (Å²) in [5.41, 5.74) is 2.15. The third-order valence-corrected chi connectivity index (χ3v) is 6.20. The number of guanidine groups is 1. The lowest BCUT2D eigenvalue weighted by atomic mass is 10.2. The number of sulfonamides is 1. The first-order valence-electron chi connectivity index (χ1n) is 9.84. The molecular weight excluding hydrogens is 513 g/mol. The molecule has 0 saturated carbocycles. The molecule has 30 heavy (non-hydrogen) atoms. The summed E-state index contributed by atoms with van der Waals surface area (Å²) < 4.78 is 27.0. The molecule has 2 aromatic rings. The molecule has 0 spiro atoms. The van der Waals surface area contributed by atoms with Crippen molar-refractivity contribution in [2.45, 2.75) is 19.0 Å². The van der Waals surface area contributed by atoms with E-state index in [0.29, 0.717) is 19.0 Å². The first-order valence-corrected chi connectivity index (χ1v) is 11.5. The van der Waals surface area contributed by atoms with E-state index in [1.54, 1.807) is 7.05 Å². The van der Waals surface area contributed by atoms with Crippen LogP contribution in [0.4, 0.5) is 5.69 Å². The molecule has 164 valence electrons. The van der Waals surface area contributed by atoms with Gasteiger partial charge in [-0.2, -0.15) is 0 Å². The number of anilines is 1. The van der Waals surface area contributed by atoms with Crippen LogP contribution in [0.1, 0.15) is 12.0 Å². The van der Waals surface area contributed by atoms with Gasteiger partial charge in [0.2, 0.25) is 10.0 Å². The van der Waals surface area contributed by atoms with Crippen molar-refractivity contribution >= 4 is 45.6 Å². The summed E-state index contributed by atoms with van der Waals surface area (Å²) in [6.07, 6.45) is 1.01. The van der Waals surface area contributed by atoms with Gasteiger partial charge in [-0.05, 0) is 24.1 Å². The Labute approximate surface area is 196 Å². The highest BCUT2D eigenvalue weighted by atomic mass is 127. The number of benzene rings is 2. The summed E-state index contributed by atoms with van der Waals surface area (Å²) in [4.78, 5) is 6.56. The second kappa shape index (κ2) is 12.1. The quantitative estimate of drug-likeness (QED) is 0.270. The van der Waals surface area contributed by atoms with Crippen molar-refractivity contribution in [3.63, 3.8) is 0 Å². The predicted molar refractivity (Wildman–Crippen MR) is 134 cm³/mol. The van der Waals surface area contributed by atoms with Gasteiger partial charge in [0.05, 0.1) is 5.75 Å². The largest absolute Gasteiger partial charge is 0.369 e. The van der Waals surface area contributed by atoms with Gasteiger partial charge in [-0.3, -0.25) is 4.99 Å². The van der Waals surface area contributed by atoms with Crippen LogP contribution in [0, 0.1) is 0 Å². The van der Waals surface area contributed by atoms with E-state index in [-0.39, 0.29) is 35.8 Å². The summed E-state index contributed by atoms with van der Waals surface area (Å²) in [6, 6.07) is 20.1. The molecule has 0 radical (unpaired) electrons. The van der Waals surface area contributed by atoms with E-state index < -0.39 is 10.0 Å². The Balaban J connectivity index is 0.00000320. The number of para-hydroxylation sites is 1. The number of nitrogens with zero attached hydrogens (tertiary/aromatic N) is 2. The SMILES string of the molecule is CN=C(NCCS(=O)(=O)NCc1ccccc1)NC1CCN(c2ccccc2)C1.I. The first-order chi connectivity index (χ1) is 14.1. The number of nitrogens with one attached hydrogen (secondary N) is 3. The summed E-state index contributed by atoms with van der Waals surface area (Å²) in [5.74, 6) is 0.615. The van der Waals surface area contributed by atoms with Crippen LogP contribution in [0.3, 0.4) is 0 Å². The van der Waals surface area contributed by atoms with Crippen molar-refractivity contribution in [1.82, 2.24) is 15.4 Å². The van der Waals surface area contributed by atoms with Crippen molar-refractivity contribution in [2.24, 2.45) is 4.99 Å². The highest BCUT2D eigenvalue weighted by Crippen LogP contribution is 2.19. The predicted octanol–water partition coefficient (Wildman–Crippen LogP) is 2.17. The summed E-state index contributed by atoms with van der Waals surface area (Å²) in [6.45, 7) is 2.46. The topological polar surface area (TPSA) is 85.8 Å². The molecule has 0 bridgehead atoms. The second-order valence-electron chi connectivity index (χ2n) is 7.04. The lowest BCUT2D eigenvalue weighted by Gasteiger charge is -2.20. The molecular formula is C21H30IN5O2S. The molecule has 1 aliphatic heterocycles. The van der Waals surface area contributed by atoms with Crippen LogP contribution in [0.25, 0.3) is 0 Å². The summed E-state index contributed by atoms with van der Waals surface area (Å²) >= 11 is 0. The standard InChI is InChI=1S/C21H29N5O2S.HI/c1-22-21(25-19-12-14-26(17-19)20-10-6-3-7-11-20)23-13-15-29(27,28)24-16-18-8-4-2-5-9-18;/h2-11,19,24H,12-17H2,1H3,(H2,22,23,25);1H.